The van der Waals surface area contributed by atoms with Crippen LogP contribution >= 0.6 is 0 Å². The van der Waals surface area contributed by atoms with E-state index in [4.69, 9.17) is 4.74 Å². The quantitative estimate of drug-likeness (QED) is 0.482. The van der Waals surface area contributed by atoms with Crippen molar-refractivity contribution >= 4 is 17.3 Å². The largest absolute Gasteiger partial charge is 0.494 e. The fraction of sp³-hybridized carbons (Fsp3) is 0.417. The van der Waals surface area contributed by atoms with Crippen LogP contribution in [-0.2, 0) is 9.53 Å². The SMILES string of the molecule is CCOc1cc(NC(C)C(=O)OC)cc([N+](=O)[O-])c1. The highest BCUT2D eigenvalue weighted by Crippen LogP contribution is 2.26. The summed E-state index contributed by atoms with van der Waals surface area (Å²) in [7, 11) is 1.28. The summed E-state index contributed by atoms with van der Waals surface area (Å²) in [5, 5.41) is 13.6. The minimum atomic E-state index is -0.610. The smallest absolute Gasteiger partial charge is 0.327 e. The Morgan fingerprint density at radius 2 is 2.16 bits per heavy atom. The summed E-state index contributed by atoms with van der Waals surface area (Å²) in [6, 6.07) is 3.65. The van der Waals surface area contributed by atoms with Crippen LogP contribution < -0.4 is 10.1 Å². The first-order valence-electron chi connectivity index (χ1n) is 5.74. The Hall–Kier alpha value is -2.31. The molecule has 0 aliphatic carbocycles. The normalized spacial score (nSPS) is 11.5. The van der Waals surface area contributed by atoms with Crippen LogP contribution in [0.3, 0.4) is 0 Å². The summed E-state index contributed by atoms with van der Waals surface area (Å²) < 4.78 is 9.82. The molecule has 0 amide bonds. The van der Waals surface area contributed by atoms with E-state index in [-0.39, 0.29) is 5.69 Å². The van der Waals surface area contributed by atoms with Crippen molar-refractivity contribution in [1.29, 1.82) is 0 Å². The number of carbonyl (C=O) groups excluding carboxylic acids is 1. The second-order valence-electron chi connectivity index (χ2n) is 3.79. The number of anilines is 1. The Labute approximate surface area is 110 Å². The van der Waals surface area contributed by atoms with Crippen LogP contribution in [0.2, 0.25) is 0 Å². The molecule has 7 nitrogen and oxygen atoms in total. The van der Waals surface area contributed by atoms with Gasteiger partial charge in [0.25, 0.3) is 5.69 Å². The number of benzene rings is 1. The number of hydrogen-bond acceptors (Lipinski definition) is 6. The van der Waals surface area contributed by atoms with E-state index in [9.17, 15) is 14.9 Å². The monoisotopic (exact) mass is 268 g/mol. The van der Waals surface area contributed by atoms with Gasteiger partial charge in [-0.05, 0) is 13.8 Å². The van der Waals surface area contributed by atoms with E-state index in [1.165, 1.54) is 19.2 Å². The number of methoxy groups -OCH3 is 1. The molecule has 0 aromatic heterocycles. The van der Waals surface area contributed by atoms with Gasteiger partial charge in [-0.1, -0.05) is 0 Å². The summed E-state index contributed by atoms with van der Waals surface area (Å²) in [5.41, 5.74) is 0.320. The van der Waals surface area contributed by atoms with Crippen molar-refractivity contribution in [2.24, 2.45) is 0 Å². The highest BCUT2D eigenvalue weighted by molar-refractivity contribution is 5.79. The zero-order valence-corrected chi connectivity index (χ0v) is 11.0. The number of ether oxygens (including phenoxy) is 2. The zero-order chi connectivity index (χ0) is 14.4. The molecule has 1 unspecified atom stereocenters. The first-order valence-corrected chi connectivity index (χ1v) is 5.74. The maximum Gasteiger partial charge on any atom is 0.327 e. The number of nitro benzene ring substituents is 1. The lowest BCUT2D eigenvalue weighted by Gasteiger charge is -2.13. The van der Waals surface area contributed by atoms with E-state index in [1.54, 1.807) is 19.9 Å². The van der Waals surface area contributed by atoms with Gasteiger partial charge < -0.3 is 14.8 Å². The van der Waals surface area contributed by atoms with Crippen LogP contribution in [0.1, 0.15) is 13.8 Å². The average Bonchev–Trinajstić information content (AvgIpc) is 2.37. The van der Waals surface area contributed by atoms with Gasteiger partial charge in [-0.3, -0.25) is 10.1 Å². The maximum atomic E-state index is 11.3. The van der Waals surface area contributed by atoms with Crippen molar-refractivity contribution in [2.45, 2.75) is 19.9 Å². The van der Waals surface area contributed by atoms with Gasteiger partial charge in [-0.15, -0.1) is 0 Å². The molecule has 1 N–H and O–H groups in total. The average molecular weight is 268 g/mol. The fourth-order valence-electron chi connectivity index (χ4n) is 1.51. The van der Waals surface area contributed by atoms with Crippen molar-refractivity contribution in [2.75, 3.05) is 19.0 Å². The van der Waals surface area contributed by atoms with Crippen LogP contribution in [-0.4, -0.2) is 30.7 Å². The van der Waals surface area contributed by atoms with Crippen LogP contribution in [0.4, 0.5) is 11.4 Å². The van der Waals surface area contributed by atoms with Crippen LogP contribution in [0.25, 0.3) is 0 Å². The van der Waals surface area contributed by atoms with Gasteiger partial charge in [0.05, 0.1) is 24.7 Å². The number of hydrogen-bond donors (Lipinski definition) is 1. The molecule has 0 aliphatic rings. The van der Waals surface area contributed by atoms with Crippen molar-refractivity contribution in [3.63, 3.8) is 0 Å². The summed E-state index contributed by atoms with van der Waals surface area (Å²) in [4.78, 5) is 21.6. The van der Waals surface area contributed by atoms with Crippen LogP contribution in [0.5, 0.6) is 5.75 Å². The number of nitrogens with zero attached hydrogens (tertiary/aromatic N) is 1. The Morgan fingerprint density at radius 3 is 2.68 bits per heavy atom. The van der Waals surface area contributed by atoms with E-state index in [2.05, 4.69) is 10.1 Å². The number of rotatable bonds is 6. The van der Waals surface area contributed by atoms with Crippen molar-refractivity contribution in [3.8, 4) is 5.75 Å². The first kappa shape index (κ1) is 14.7. The number of nitrogens with one attached hydrogen (secondary N) is 1. The summed E-state index contributed by atoms with van der Waals surface area (Å²) in [5.74, 6) is -0.0827. The lowest BCUT2D eigenvalue weighted by atomic mass is 10.2. The minimum Gasteiger partial charge on any atom is -0.494 e. The molecule has 0 aliphatic heterocycles. The first-order chi connectivity index (χ1) is 8.97. The van der Waals surface area contributed by atoms with Gasteiger partial charge in [0.1, 0.15) is 11.8 Å². The molecule has 0 saturated heterocycles. The predicted molar refractivity (Wildman–Crippen MR) is 69.4 cm³/mol. The molecule has 0 radical (unpaired) electrons. The lowest BCUT2D eigenvalue weighted by molar-refractivity contribution is -0.384. The third-order valence-corrected chi connectivity index (χ3v) is 2.35. The highest BCUT2D eigenvalue weighted by atomic mass is 16.6. The van der Waals surface area contributed by atoms with Crippen molar-refractivity contribution in [1.82, 2.24) is 0 Å². The van der Waals surface area contributed by atoms with E-state index >= 15 is 0 Å². The van der Waals surface area contributed by atoms with Crippen molar-refractivity contribution in [3.05, 3.63) is 28.3 Å². The molecule has 1 atom stereocenters. The Bertz CT molecular complexity index is 475. The minimum absolute atomic E-state index is 0.106. The summed E-state index contributed by atoms with van der Waals surface area (Å²) >= 11 is 0. The van der Waals surface area contributed by atoms with Crippen LogP contribution in [0.15, 0.2) is 18.2 Å². The van der Waals surface area contributed by atoms with E-state index in [1.807, 2.05) is 0 Å². The molecule has 1 aromatic rings. The molecule has 1 aromatic carbocycles. The Balaban J connectivity index is 2.99. The zero-order valence-electron chi connectivity index (χ0n) is 11.0. The Kier molecular flexibility index (Phi) is 5.11. The molecular weight excluding hydrogens is 252 g/mol. The summed E-state index contributed by atoms with van der Waals surface area (Å²) in [6.07, 6.45) is 0. The number of nitro groups is 1. The molecule has 0 heterocycles. The summed E-state index contributed by atoms with van der Waals surface area (Å²) in [6.45, 7) is 3.78. The second-order valence-corrected chi connectivity index (χ2v) is 3.79. The Morgan fingerprint density at radius 1 is 1.47 bits per heavy atom. The molecule has 7 heteroatoms. The molecule has 104 valence electrons. The van der Waals surface area contributed by atoms with Gasteiger partial charge in [0, 0.05) is 17.8 Å². The van der Waals surface area contributed by atoms with E-state index in [0.29, 0.717) is 18.0 Å². The number of esters is 1. The molecule has 0 saturated carbocycles. The number of carbonyl (C=O) groups is 1. The van der Waals surface area contributed by atoms with Gasteiger partial charge in [-0.25, -0.2) is 4.79 Å². The fourth-order valence-corrected chi connectivity index (χ4v) is 1.51. The molecule has 0 spiro atoms. The van der Waals surface area contributed by atoms with E-state index in [0.717, 1.165) is 0 Å². The molecule has 19 heavy (non-hydrogen) atoms. The molecular formula is C12H16N2O5. The maximum absolute atomic E-state index is 11.3. The van der Waals surface area contributed by atoms with Crippen LogP contribution in [0, 0.1) is 10.1 Å². The third-order valence-electron chi connectivity index (χ3n) is 2.35. The third kappa shape index (κ3) is 4.13. The molecule has 0 fully saturated rings. The van der Waals surface area contributed by atoms with Crippen molar-refractivity contribution < 1.29 is 19.2 Å². The molecule has 1 rings (SSSR count). The lowest BCUT2D eigenvalue weighted by Crippen LogP contribution is -2.27. The standard InChI is InChI=1S/C12H16N2O5/c1-4-19-11-6-9(5-10(7-11)14(16)17)13-8(2)12(15)18-3/h5-8,13H,4H2,1-3H3. The topological polar surface area (TPSA) is 90.7 Å². The van der Waals surface area contributed by atoms with Gasteiger partial charge in [-0.2, -0.15) is 0 Å². The predicted octanol–water partition coefficient (Wildman–Crippen LogP) is 1.97. The van der Waals surface area contributed by atoms with E-state index < -0.39 is 16.9 Å². The second kappa shape index (κ2) is 6.58. The van der Waals surface area contributed by atoms with Gasteiger partial charge >= 0.3 is 5.97 Å². The number of non-ortho nitro benzene ring substituents is 1. The van der Waals surface area contributed by atoms with Gasteiger partial charge in [0.2, 0.25) is 0 Å². The highest BCUT2D eigenvalue weighted by Gasteiger charge is 2.16. The van der Waals surface area contributed by atoms with Gasteiger partial charge in [0.15, 0.2) is 0 Å². The molecule has 0 bridgehead atoms.